The first-order chi connectivity index (χ1) is 16.8. The molecule has 0 bridgehead atoms. The summed E-state index contributed by atoms with van der Waals surface area (Å²) in [5.41, 5.74) is 4.59. The Morgan fingerprint density at radius 2 is 1.86 bits per heavy atom. The smallest absolute Gasteiger partial charge is 0.307 e. The van der Waals surface area contributed by atoms with E-state index in [1.807, 2.05) is 31.2 Å². The van der Waals surface area contributed by atoms with Crippen molar-refractivity contribution in [1.29, 1.82) is 0 Å². The molecule has 180 valence electrons. The summed E-state index contributed by atoms with van der Waals surface area (Å²) in [6, 6.07) is 16.1. The minimum atomic E-state index is -0.487. The second kappa shape index (κ2) is 11.5. The number of rotatable bonds is 8. The maximum Gasteiger partial charge on any atom is 0.307 e. The van der Waals surface area contributed by atoms with Crippen LogP contribution in [0.3, 0.4) is 0 Å². The molecule has 3 aromatic carbocycles. The molecule has 10 heteroatoms. The van der Waals surface area contributed by atoms with E-state index in [-0.39, 0.29) is 5.76 Å². The topological polar surface area (TPSA) is 73.1 Å². The van der Waals surface area contributed by atoms with Crippen molar-refractivity contribution in [3.8, 4) is 11.5 Å². The van der Waals surface area contributed by atoms with Gasteiger partial charge in [-0.25, -0.2) is 5.43 Å². The molecule has 1 N–H and O–H groups in total. The lowest BCUT2D eigenvalue weighted by molar-refractivity contribution is 0.0929. The predicted molar refractivity (Wildman–Crippen MR) is 145 cm³/mol. The standard InChI is InChI=1S/C25H18Br2Cl2N2O4/c1-2-33-21-8-15(7-20(29)24(21)34-13-14-3-5-18(28)6-4-14)12-30-31-25(32)22-10-16-9-17(26)11-19(27)23(16)35-22/h3-12H,2,13H2,1H3,(H,31,32)/b30-12-. The predicted octanol–water partition coefficient (Wildman–Crippen LogP) is 8.01. The van der Waals surface area contributed by atoms with Crippen molar-refractivity contribution in [2.45, 2.75) is 13.5 Å². The molecular weight excluding hydrogens is 623 g/mol. The lowest BCUT2D eigenvalue weighted by Crippen LogP contribution is -2.16. The zero-order valence-corrected chi connectivity index (χ0v) is 23.0. The Morgan fingerprint density at radius 3 is 2.60 bits per heavy atom. The maximum atomic E-state index is 12.5. The van der Waals surface area contributed by atoms with Crippen molar-refractivity contribution in [3.63, 3.8) is 0 Å². The van der Waals surface area contributed by atoms with Gasteiger partial charge in [0.1, 0.15) is 12.2 Å². The van der Waals surface area contributed by atoms with Crippen LogP contribution in [0.1, 0.15) is 28.6 Å². The molecule has 35 heavy (non-hydrogen) atoms. The van der Waals surface area contributed by atoms with E-state index in [1.165, 1.54) is 6.21 Å². The number of nitrogens with one attached hydrogen (secondary N) is 1. The summed E-state index contributed by atoms with van der Waals surface area (Å²) >= 11 is 19.3. The Labute approximate surface area is 228 Å². The molecule has 1 heterocycles. The molecule has 0 radical (unpaired) electrons. The fraction of sp³-hybridized carbons (Fsp3) is 0.120. The second-order valence-corrected chi connectivity index (χ2v) is 9.91. The summed E-state index contributed by atoms with van der Waals surface area (Å²) in [4.78, 5) is 12.5. The molecule has 0 unspecified atom stereocenters. The van der Waals surface area contributed by atoms with Crippen LogP contribution in [-0.4, -0.2) is 18.7 Å². The monoisotopic (exact) mass is 638 g/mol. The molecule has 0 saturated carbocycles. The number of halogens is 4. The van der Waals surface area contributed by atoms with E-state index in [9.17, 15) is 4.79 Å². The number of hydrogen-bond donors (Lipinski definition) is 1. The molecule has 4 aromatic rings. The number of benzene rings is 3. The van der Waals surface area contributed by atoms with Gasteiger partial charge in [0, 0.05) is 14.9 Å². The second-order valence-electron chi connectivity index (χ2n) is 7.29. The molecule has 0 atom stereocenters. The number of furan rings is 1. The number of ether oxygens (including phenoxy) is 2. The van der Waals surface area contributed by atoms with Crippen molar-refractivity contribution in [3.05, 3.63) is 90.5 Å². The Bertz CT molecular complexity index is 1410. The number of hydrogen-bond acceptors (Lipinski definition) is 5. The van der Waals surface area contributed by atoms with Gasteiger partial charge in [-0.05, 0) is 76.4 Å². The van der Waals surface area contributed by atoms with Crippen LogP contribution in [0.5, 0.6) is 11.5 Å². The summed E-state index contributed by atoms with van der Waals surface area (Å²) in [5, 5.41) is 5.81. The SMILES string of the molecule is CCOc1cc(/C=N\NC(=O)c2cc3cc(Br)cc(Br)c3o2)cc(Cl)c1OCc1ccc(Cl)cc1. The molecule has 1 aromatic heterocycles. The van der Waals surface area contributed by atoms with E-state index in [4.69, 9.17) is 37.1 Å². The molecule has 0 saturated heterocycles. The minimum Gasteiger partial charge on any atom is -0.490 e. The zero-order valence-electron chi connectivity index (χ0n) is 18.3. The van der Waals surface area contributed by atoms with Crippen molar-refractivity contribution in [2.24, 2.45) is 5.10 Å². The van der Waals surface area contributed by atoms with E-state index < -0.39 is 5.91 Å². The number of carbonyl (C=O) groups excluding carboxylic acids is 1. The van der Waals surface area contributed by atoms with Crippen LogP contribution < -0.4 is 14.9 Å². The molecule has 0 aliphatic heterocycles. The van der Waals surface area contributed by atoms with Crippen LogP contribution in [0.15, 0.2) is 73.1 Å². The Balaban J connectivity index is 1.47. The van der Waals surface area contributed by atoms with Crippen molar-refractivity contribution < 1.29 is 18.7 Å². The minimum absolute atomic E-state index is 0.134. The third-order valence-electron chi connectivity index (χ3n) is 4.77. The van der Waals surface area contributed by atoms with Crippen LogP contribution in [0.2, 0.25) is 10.0 Å². The first kappa shape index (κ1) is 25.6. The lowest BCUT2D eigenvalue weighted by Gasteiger charge is -2.14. The fourth-order valence-corrected chi connectivity index (χ4v) is 4.95. The third-order valence-corrected chi connectivity index (χ3v) is 6.35. The largest absolute Gasteiger partial charge is 0.490 e. The van der Waals surface area contributed by atoms with Gasteiger partial charge in [-0.1, -0.05) is 51.3 Å². The number of hydrazone groups is 1. The van der Waals surface area contributed by atoms with Crippen LogP contribution in [0.4, 0.5) is 0 Å². The van der Waals surface area contributed by atoms with E-state index in [0.717, 1.165) is 19.9 Å². The number of carbonyl (C=O) groups is 1. The average Bonchev–Trinajstić information content (AvgIpc) is 3.24. The van der Waals surface area contributed by atoms with E-state index in [0.29, 0.717) is 45.9 Å². The van der Waals surface area contributed by atoms with Crippen molar-refractivity contribution >= 4 is 78.2 Å². The molecule has 0 spiro atoms. The molecule has 0 aliphatic carbocycles. The highest BCUT2D eigenvalue weighted by Crippen LogP contribution is 2.37. The van der Waals surface area contributed by atoms with Gasteiger partial charge in [0.15, 0.2) is 17.3 Å². The van der Waals surface area contributed by atoms with Gasteiger partial charge in [-0.3, -0.25) is 4.79 Å². The molecule has 0 fully saturated rings. The van der Waals surface area contributed by atoms with Crippen LogP contribution in [-0.2, 0) is 6.61 Å². The molecule has 0 aliphatic rings. The van der Waals surface area contributed by atoms with Crippen LogP contribution in [0, 0.1) is 0 Å². The highest BCUT2D eigenvalue weighted by Gasteiger charge is 2.15. The van der Waals surface area contributed by atoms with Gasteiger partial charge in [0.2, 0.25) is 0 Å². The van der Waals surface area contributed by atoms with E-state index in [2.05, 4.69) is 42.4 Å². The van der Waals surface area contributed by atoms with Gasteiger partial charge >= 0.3 is 5.91 Å². The lowest BCUT2D eigenvalue weighted by atomic mass is 10.2. The van der Waals surface area contributed by atoms with Gasteiger partial charge in [0.25, 0.3) is 0 Å². The normalized spacial score (nSPS) is 11.2. The first-order valence-electron chi connectivity index (χ1n) is 10.4. The Hall–Kier alpha value is -2.52. The number of fused-ring (bicyclic) bond motifs is 1. The van der Waals surface area contributed by atoms with Gasteiger partial charge in [-0.2, -0.15) is 5.10 Å². The third kappa shape index (κ3) is 6.38. The van der Waals surface area contributed by atoms with E-state index in [1.54, 1.807) is 30.3 Å². The van der Waals surface area contributed by atoms with Gasteiger partial charge in [0.05, 0.1) is 22.3 Å². The molecular formula is C25H18Br2Cl2N2O4. The Kier molecular flexibility index (Phi) is 8.38. The summed E-state index contributed by atoms with van der Waals surface area (Å²) in [5.74, 6) is 0.535. The highest BCUT2D eigenvalue weighted by atomic mass is 79.9. The summed E-state index contributed by atoms with van der Waals surface area (Å²) in [6.45, 7) is 2.58. The first-order valence-corrected chi connectivity index (χ1v) is 12.7. The van der Waals surface area contributed by atoms with Gasteiger partial charge < -0.3 is 13.9 Å². The highest BCUT2D eigenvalue weighted by molar-refractivity contribution is 9.11. The molecule has 1 amide bonds. The maximum absolute atomic E-state index is 12.5. The number of amides is 1. The van der Waals surface area contributed by atoms with Crippen LogP contribution in [0.25, 0.3) is 11.0 Å². The quantitative estimate of drug-likeness (QED) is 0.156. The number of nitrogens with zero attached hydrogens (tertiary/aromatic N) is 1. The van der Waals surface area contributed by atoms with Crippen molar-refractivity contribution in [1.82, 2.24) is 5.43 Å². The summed E-state index contributed by atoms with van der Waals surface area (Å²) in [7, 11) is 0. The van der Waals surface area contributed by atoms with Gasteiger partial charge in [-0.15, -0.1) is 0 Å². The van der Waals surface area contributed by atoms with Crippen LogP contribution >= 0.6 is 55.1 Å². The Morgan fingerprint density at radius 1 is 1.09 bits per heavy atom. The fourth-order valence-electron chi connectivity index (χ4n) is 3.21. The average molecular weight is 641 g/mol. The zero-order chi connectivity index (χ0) is 24.9. The summed E-state index contributed by atoms with van der Waals surface area (Å²) < 4.78 is 18.9. The molecule has 6 nitrogen and oxygen atoms in total. The summed E-state index contributed by atoms with van der Waals surface area (Å²) in [6.07, 6.45) is 1.46. The van der Waals surface area contributed by atoms with E-state index >= 15 is 0 Å². The molecule has 4 rings (SSSR count). The van der Waals surface area contributed by atoms with Crippen molar-refractivity contribution in [2.75, 3.05) is 6.61 Å².